The molecule has 1 aliphatic carbocycles. The Morgan fingerprint density at radius 1 is 0.568 bits per heavy atom. The number of carbonyl (C=O) groups is 5. The molecule has 406 valence electrons. The SMILES string of the molecule is COC(=O)[C@H](Cc1ccc(OC)c(Oc2ccc(C[C@H](NC(=O)OC(C)(C)C)C(=O)OCCBr)cc2)c1)NC(=O)[C@H](Cc1ccc(OC)cc1)NC(=O)OCc1ccccc1.F[P-](F)(F)(F)(F)F.[CH]1[CH][CH][CH][CH]1.[Ru+]. The van der Waals surface area contributed by atoms with Gasteiger partial charge in [-0.1, -0.05) is 76.6 Å². The van der Waals surface area contributed by atoms with Crippen molar-refractivity contribution in [2.45, 2.75) is 70.4 Å². The Morgan fingerprint density at radius 3 is 1.55 bits per heavy atom. The Labute approximate surface area is 447 Å². The minimum Gasteiger partial charge on any atom is -0.0312 e. The number of esters is 2. The first kappa shape index (κ1) is 64.5. The van der Waals surface area contributed by atoms with Crippen LogP contribution in [0.5, 0.6) is 23.0 Å². The first-order valence-corrected chi connectivity index (χ1v) is 25.2. The van der Waals surface area contributed by atoms with Crippen molar-refractivity contribution in [2.24, 2.45) is 0 Å². The van der Waals surface area contributed by atoms with Crippen LogP contribution >= 0.6 is 23.7 Å². The summed E-state index contributed by atoms with van der Waals surface area (Å²) in [5.41, 5.74) is 2.00. The zero-order valence-corrected chi connectivity index (χ0v) is 45.2. The van der Waals surface area contributed by atoms with Crippen LogP contribution in [0.25, 0.3) is 0 Å². The number of halogens is 7. The Hall–Kier alpha value is -5.66. The number of benzene rings is 4. The van der Waals surface area contributed by atoms with Crippen LogP contribution in [0.2, 0.25) is 0 Å². The van der Waals surface area contributed by atoms with E-state index in [1.54, 1.807) is 107 Å². The van der Waals surface area contributed by atoms with Gasteiger partial charge in [0.05, 0.1) is 21.3 Å². The molecule has 5 rings (SSSR count). The molecule has 3 amide bonds. The molecule has 3 N–H and O–H groups in total. The van der Waals surface area contributed by atoms with E-state index in [1.807, 2.05) is 50.3 Å². The predicted molar refractivity (Wildman–Crippen MR) is 264 cm³/mol. The van der Waals surface area contributed by atoms with Gasteiger partial charge in [0.25, 0.3) is 0 Å². The Kier molecular flexibility index (Phi) is 25.6. The largest absolute Gasteiger partial charge is 1.00 e. The number of alkyl carbamates (subject to hydrolysis) is 2. The zero-order chi connectivity index (χ0) is 54.3. The summed E-state index contributed by atoms with van der Waals surface area (Å²) in [5.74, 6) is -0.235. The second-order valence-electron chi connectivity index (χ2n) is 16.5. The van der Waals surface area contributed by atoms with Crippen molar-refractivity contribution < 1.29 is 102 Å². The fourth-order valence-electron chi connectivity index (χ4n) is 6.14. The Morgan fingerprint density at radius 2 is 1.05 bits per heavy atom. The third kappa shape index (κ3) is 28.1. The van der Waals surface area contributed by atoms with Crippen LogP contribution in [0.15, 0.2) is 97.1 Å². The van der Waals surface area contributed by atoms with E-state index in [1.165, 1.54) is 14.2 Å². The zero-order valence-electron chi connectivity index (χ0n) is 40.9. The third-order valence-corrected chi connectivity index (χ3v) is 9.66. The van der Waals surface area contributed by atoms with E-state index in [2.05, 4.69) is 31.9 Å². The van der Waals surface area contributed by atoms with Crippen molar-refractivity contribution in [2.75, 3.05) is 33.3 Å². The fraction of sp³-hybridized carbons (Fsp3) is 0.320. The van der Waals surface area contributed by atoms with E-state index < -0.39 is 61.6 Å². The quantitative estimate of drug-likeness (QED) is 0.0190. The van der Waals surface area contributed by atoms with E-state index in [0.29, 0.717) is 45.0 Å². The Balaban J connectivity index is 0.00000127. The molecule has 74 heavy (non-hydrogen) atoms. The van der Waals surface area contributed by atoms with Gasteiger partial charge in [0.15, 0.2) is 11.5 Å². The van der Waals surface area contributed by atoms with Crippen molar-refractivity contribution >= 4 is 53.8 Å². The van der Waals surface area contributed by atoms with Crippen LogP contribution in [-0.4, -0.2) is 87.0 Å². The van der Waals surface area contributed by atoms with Gasteiger partial charge >= 0.3 is 76.6 Å². The average Bonchev–Trinajstić information content (AvgIpc) is 3.92. The molecular weight excluding hydrogens is 1160 g/mol. The molecule has 0 aromatic heterocycles. The molecule has 0 bridgehead atoms. The molecule has 4 aromatic carbocycles. The summed E-state index contributed by atoms with van der Waals surface area (Å²) in [4.78, 5) is 65.3. The second kappa shape index (κ2) is 29.4. The van der Waals surface area contributed by atoms with Gasteiger partial charge in [-0.05, 0) is 112 Å². The summed E-state index contributed by atoms with van der Waals surface area (Å²) in [6.07, 6.45) is 8.61. The van der Waals surface area contributed by atoms with Gasteiger partial charge in [-0.25, -0.2) is 19.2 Å². The van der Waals surface area contributed by atoms with Crippen LogP contribution in [0, 0.1) is 32.1 Å². The maximum atomic E-state index is 13.9. The molecular formula is C50H57BrF6N3O12PRu. The minimum absolute atomic E-state index is 0. The van der Waals surface area contributed by atoms with Gasteiger partial charge in [-0.2, -0.15) is 0 Å². The molecule has 0 saturated heterocycles. The van der Waals surface area contributed by atoms with E-state index in [-0.39, 0.29) is 52.0 Å². The number of carbonyl (C=O) groups excluding carboxylic acids is 5. The van der Waals surface area contributed by atoms with Gasteiger partial charge in [-0.15, -0.1) is 0 Å². The van der Waals surface area contributed by atoms with Crippen molar-refractivity contribution in [3.05, 3.63) is 151 Å². The number of amides is 3. The maximum absolute atomic E-state index is 13.9. The molecule has 1 fully saturated rings. The van der Waals surface area contributed by atoms with Gasteiger partial charge in [0, 0.05) is 24.6 Å². The monoisotopic (exact) mass is 1220 g/mol. The van der Waals surface area contributed by atoms with Crippen molar-refractivity contribution in [3.8, 4) is 23.0 Å². The van der Waals surface area contributed by atoms with Crippen molar-refractivity contribution in [1.82, 2.24) is 16.0 Å². The molecule has 0 unspecified atom stereocenters. The summed E-state index contributed by atoms with van der Waals surface area (Å²) < 4.78 is 97.3. The van der Waals surface area contributed by atoms with Gasteiger partial charge < -0.3 is 49.1 Å². The van der Waals surface area contributed by atoms with Crippen LogP contribution in [0.4, 0.5) is 34.8 Å². The minimum atomic E-state index is -10.7. The van der Waals surface area contributed by atoms with Gasteiger partial charge in [0.2, 0.25) is 5.91 Å². The third-order valence-electron chi connectivity index (χ3n) is 9.33. The Bertz CT molecular complexity index is 2380. The molecule has 0 aliphatic heterocycles. The molecule has 6 radical (unpaired) electrons. The molecule has 1 saturated carbocycles. The predicted octanol–water partition coefficient (Wildman–Crippen LogP) is 11.0. The topological polar surface area (TPSA) is 186 Å². The summed E-state index contributed by atoms with van der Waals surface area (Å²) in [5, 5.41) is 8.43. The van der Waals surface area contributed by atoms with E-state index >= 15 is 0 Å². The summed E-state index contributed by atoms with van der Waals surface area (Å²) in [6, 6.07) is 24.7. The average molecular weight is 1220 g/mol. The molecule has 0 heterocycles. The van der Waals surface area contributed by atoms with E-state index in [4.69, 9.17) is 33.2 Å². The molecule has 0 spiro atoms. The molecule has 4 aromatic rings. The summed E-state index contributed by atoms with van der Waals surface area (Å²) in [6.45, 7) is 5.28. The van der Waals surface area contributed by atoms with Crippen LogP contribution < -0.4 is 30.2 Å². The van der Waals surface area contributed by atoms with E-state index in [0.717, 1.165) is 5.56 Å². The molecule has 1 aliphatic rings. The first-order chi connectivity index (χ1) is 34.1. The number of ether oxygens (including phenoxy) is 7. The van der Waals surface area contributed by atoms with Crippen LogP contribution in [-0.2, 0) is 78.7 Å². The van der Waals surface area contributed by atoms with Gasteiger partial charge in [0.1, 0.15) is 48.4 Å². The van der Waals surface area contributed by atoms with Crippen LogP contribution in [0.1, 0.15) is 43.0 Å². The molecule has 24 heteroatoms. The normalized spacial score (nSPS) is 14.0. The number of hydrogen-bond donors (Lipinski definition) is 3. The second-order valence-corrected chi connectivity index (χ2v) is 19.2. The fourth-order valence-corrected chi connectivity index (χ4v) is 6.31. The maximum Gasteiger partial charge on any atom is 1.00 e. The summed E-state index contributed by atoms with van der Waals surface area (Å²) >= 11 is 3.23. The van der Waals surface area contributed by atoms with Crippen LogP contribution in [0.3, 0.4) is 0 Å². The van der Waals surface area contributed by atoms with Gasteiger partial charge in [-0.3, -0.25) is 4.79 Å². The summed E-state index contributed by atoms with van der Waals surface area (Å²) in [7, 11) is -6.42. The van der Waals surface area contributed by atoms with E-state index in [9.17, 15) is 49.2 Å². The number of hydrogen-bond acceptors (Lipinski definition) is 12. The van der Waals surface area contributed by atoms with Crippen molar-refractivity contribution in [1.29, 1.82) is 0 Å². The molecule has 15 nitrogen and oxygen atoms in total. The number of methoxy groups -OCH3 is 3. The number of nitrogens with one attached hydrogen (secondary N) is 3. The smallest absolute Gasteiger partial charge is 0.0312 e. The molecule has 3 atom stereocenters. The first-order valence-electron chi connectivity index (χ1n) is 22.0. The number of rotatable bonds is 20. The standard InChI is InChI=1S/C45H52BrN3O12.C5H5.F6P.Ru/c1-45(2,3)61-44(54)49-37(42(52)58-23-22-46)25-30-14-19-34(20-15-30)60-39-27-32(16-21-38(39)56-5)26-36(41(51)57-6)47-40(50)35(24-29-12-17-33(55-4)18-13-29)48-43(53)59-28-31-10-8-7-9-11-31;1-2-4-5-3-1;1-7(2,3,4,5)6;/h7-21,27,35-37H,22-26,28H2,1-6H3,(H,47,50)(H,48,53)(H,49,54);1-5H;;/q;;-1;+1/t35-,36-,37-;;;/m0.../s1. The number of alkyl halides is 1. The van der Waals surface area contributed by atoms with Crippen molar-refractivity contribution in [3.63, 3.8) is 0 Å².